The Balaban J connectivity index is 1.09. The Kier molecular flexibility index (Phi) is 6.90. The summed E-state index contributed by atoms with van der Waals surface area (Å²) in [6.45, 7) is 3.09. The van der Waals surface area contributed by atoms with Gasteiger partial charge in [-0.15, -0.1) is 0 Å². The Hall–Kier alpha value is -3.52. The lowest BCUT2D eigenvalue weighted by atomic mass is 10.0. The van der Waals surface area contributed by atoms with Crippen LogP contribution in [0.1, 0.15) is 37.5 Å². The van der Waals surface area contributed by atoms with Gasteiger partial charge in [0.25, 0.3) is 0 Å². The number of H-pyrrole nitrogens is 1. The highest BCUT2D eigenvalue weighted by molar-refractivity contribution is 5.75. The van der Waals surface area contributed by atoms with E-state index < -0.39 is 0 Å². The molecule has 8 heteroatoms. The minimum absolute atomic E-state index is 0.00385. The molecule has 1 N–H and O–H groups in total. The van der Waals surface area contributed by atoms with Crippen LogP contribution in [0.5, 0.6) is 11.5 Å². The van der Waals surface area contributed by atoms with Gasteiger partial charge >= 0.3 is 5.69 Å². The second kappa shape index (κ2) is 10.4. The molecule has 0 saturated carbocycles. The molecule has 0 amide bonds. The normalized spacial score (nSPS) is 15.0. The quantitative estimate of drug-likeness (QED) is 0.354. The van der Waals surface area contributed by atoms with Crippen molar-refractivity contribution in [3.63, 3.8) is 0 Å². The van der Waals surface area contributed by atoms with Crippen LogP contribution < -0.4 is 15.2 Å². The molecular formula is C27H32N4O4. The number of methoxy groups -OCH3 is 2. The lowest BCUT2D eigenvalue weighted by molar-refractivity contribution is 0.183. The standard InChI is InChI=1S/C27H32N4O4/c1-33-25-11-10-19(17-26(25)34-2)23-18-21(35-29-23)7-5-6-14-30-15-12-20(13-16-30)31-24-9-4-3-8-22(24)28-27(31)32/h3-4,8-11,17-18,20H,5-7,12-16H2,1-2H3,(H,28,32). The summed E-state index contributed by atoms with van der Waals surface area (Å²) in [4.78, 5) is 18.0. The predicted octanol–water partition coefficient (Wildman–Crippen LogP) is 4.66. The Morgan fingerprint density at radius 2 is 1.83 bits per heavy atom. The summed E-state index contributed by atoms with van der Waals surface area (Å²) < 4.78 is 18.2. The highest BCUT2D eigenvalue weighted by Crippen LogP contribution is 2.32. The molecule has 2 aromatic carbocycles. The van der Waals surface area contributed by atoms with Gasteiger partial charge in [-0.2, -0.15) is 0 Å². The first-order valence-corrected chi connectivity index (χ1v) is 12.3. The number of likely N-dealkylation sites (tertiary alicyclic amines) is 1. The van der Waals surface area contributed by atoms with Crippen molar-refractivity contribution in [1.29, 1.82) is 0 Å². The molecule has 0 spiro atoms. The van der Waals surface area contributed by atoms with Gasteiger partial charge in [-0.05, 0) is 62.6 Å². The van der Waals surface area contributed by atoms with E-state index >= 15 is 0 Å². The summed E-state index contributed by atoms with van der Waals surface area (Å²) >= 11 is 0. The van der Waals surface area contributed by atoms with Gasteiger partial charge in [-0.25, -0.2) is 4.79 Å². The van der Waals surface area contributed by atoms with E-state index in [0.717, 1.165) is 79.8 Å². The zero-order valence-corrected chi connectivity index (χ0v) is 20.3. The van der Waals surface area contributed by atoms with E-state index in [2.05, 4.69) is 15.0 Å². The van der Waals surface area contributed by atoms with E-state index in [1.807, 2.05) is 53.1 Å². The SMILES string of the molecule is COc1ccc(-c2cc(CCCCN3CCC(n4c(=O)[nH]c5ccccc54)CC3)on2)cc1OC. The largest absolute Gasteiger partial charge is 0.493 e. The molecule has 1 aliphatic rings. The van der Waals surface area contributed by atoms with Gasteiger partial charge in [0, 0.05) is 37.2 Å². The maximum Gasteiger partial charge on any atom is 0.326 e. The van der Waals surface area contributed by atoms with E-state index in [1.165, 1.54) is 0 Å². The number of unbranched alkanes of at least 4 members (excludes halogenated alkanes) is 1. The summed E-state index contributed by atoms with van der Waals surface area (Å²) in [5.74, 6) is 2.26. The first-order valence-electron chi connectivity index (χ1n) is 12.3. The number of aryl methyl sites for hydroxylation is 1. The first kappa shape index (κ1) is 23.2. The van der Waals surface area contributed by atoms with Gasteiger partial charge in [0.15, 0.2) is 11.5 Å². The van der Waals surface area contributed by atoms with Crippen molar-refractivity contribution in [2.45, 2.75) is 38.1 Å². The van der Waals surface area contributed by atoms with Crippen molar-refractivity contribution in [2.24, 2.45) is 0 Å². The number of hydrogen-bond donors (Lipinski definition) is 1. The molecule has 0 bridgehead atoms. The zero-order chi connectivity index (χ0) is 24.2. The molecule has 1 fully saturated rings. The van der Waals surface area contributed by atoms with Gasteiger partial charge < -0.3 is 23.9 Å². The molecule has 0 aliphatic carbocycles. The number of nitrogens with zero attached hydrogens (tertiary/aromatic N) is 3. The number of para-hydroxylation sites is 2. The van der Waals surface area contributed by atoms with E-state index in [1.54, 1.807) is 14.2 Å². The lowest BCUT2D eigenvalue weighted by Gasteiger charge is -2.32. The van der Waals surface area contributed by atoms with Crippen molar-refractivity contribution >= 4 is 11.0 Å². The summed E-state index contributed by atoms with van der Waals surface area (Å²) in [6.07, 6.45) is 5.01. The summed E-state index contributed by atoms with van der Waals surface area (Å²) in [6, 6.07) is 16.0. The lowest BCUT2D eigenvalue weighted by Crippen LogP contribution is -2.37. The number of ether oxygens (including phenoxy) is 2. The second-order valence-electron chi connectivity index (χ2n) is 9.10. The molecule has 1 aliphatic heterocycles. The third kappa shape index (κ3) is 4.98. The number of hydrogen-bond acceptors (Lipinski definition) is 6. The number of fused-ring (bicyclic) bond motifs is 1. The van der Waals surface area contributed by atoms with Crippen LogP contribution in [0.2, 0.25) is 0 Å². The van der Waals surface area contributed by atoms with E-state index in [0.29, 0.717) is 11.5 Å². The smallest absolute Gasteiger partial charge is 0.326 e. The number of rotatable bonds is 9. The highest BCUT2D eigenvalue weighted by atomic mass is 16.5. The van der Waals surface area contributed by atoms with Crippen LogP contribution in [0, 0.1) is 0 Å². The van der Waals surface area contributed by atoms with E-state index in [-0.39, 0.29) is 11.7 Å². The monoisotopic (exact) mass is 476 g/mol. The minimum atomic E-state index is 0.00385. The van der Waals surface area contributed by atoms with Crippen molar-refractivity contribution in [2.75, 3.05) is 33.9 Å². The van der Waals surface area contributed by atoms with Crippen LogP contribution in [-0.2, 0) is 6.42 Å². The maximum atomic E-state index is 12.5. The van der Waals surface area contributed by atoms with Gasteiger partial charge in [0.1, 0.15) is 11.5 Å². The van der Waals surface area contributed by atoms with Crippen LogP contribution in [0.25, 0.3) is 22.3 Å². The molecule has 35 heavy (non-hydrogen) atoms. The van der Waals surface area contributed by atoms with E-state index in [4.69, 9.17) is 14.0 Å². The third-order valence-corrected chi connectivity index (χ3v) is 6.93. The van der Waals surface area contributed by atoms with Crippen LogP contribution in [0.4, 0.5) is 0 Å². The Labute approximate surface area is 204 Å². The van der Waals surface area contributed by atoms with Crippen LogP contribution in [0.15, 0.2) is 57.8 Å². The molecular weight excluding hydrogens is 444 g/mol. The molecule has 8 nitrogen and oxygen atoms in total. The fourth-order valence-electron chi connectivity index (χ4n) is 5.03. The molecule has 0 atom stereocenters. The Bertz CT molecular complexity index is 1330. The molecule has 2 aromatic heterocycles. The zero-order valence-electron chi connectivity index (χ0n) is 20.3. The van der Waals surface area contributed by atoms with Crippen LogP contribution in [-0.4, -0.2) is 53.5 Å². The number of aromatic nitrogens is 3. The van der Waals surface area contributed by atoms with Crippen LogP contribution in [0.3, 0.4) is 0 Å². The molecule has 3 heterocycles. The fourth-order valence-corrected chi connectivity index (χ4v) is 5.03. The van der Waals surface area contributed by atoms with Gasteiger partial charge in [0.05, 0.1) is 25.3 Å². The fraction of sp³-hybridized carbons (Fsp3) is 0.407. The highest BCUT2D eigenvalue weighted by Gasteiger charge is 2.23. The van der Waals surface area contributed by atoms with E-state index in [9.17, 15) is 4.79 Å². The number of nitrogens with one attached hydrogen (secondary N) is 1. The summed E-state index contributed by atoms with van der Waals surface area (Å²) in [7, 11) is 3.25. The number of benzene rings is 2. The topological polar surface area (TPSA) is 85.5 Å². The average molecular weight is 477 g/mol. The Morgan fingerprint density at radius 3 is 2.63 bits per heavy atom. The Morgan fingerprint density at radius 1 is 1.03 bits per heavy atom. The van der Waals surface area contributed by atoms with Gasteiger partial charge in [-0.3, -0.25) is 4.57 Å². The van der Waals surface area contributed by atoms with Gasteiger partial charge in [0.2, 0.25) is 0 Å². The van der Waals surface area contributed by atoms with Crippen molar-refractivity contribution in [3.8, 4) is 22.8 Å². The molecule has 0 radical (unpaired) electrons. The molecule has 5 rings (SSSR count). The first-order chi connectivity index (χ1) is 17.2. The van der Waals surface area contributed by atoms with Crippen molar-refractivity contribution < 1.29 is 14.0 Å². The number of aromatic amines is 1. The number of imidazole rings is 1. The summed E-state index contributed by atoms with van der Waals surface area (Å²) in [5, 5.41) is 4.24. The predicted molar refractivity (Wildman–Crippen MR) is 135 cm³/mol. The molecule has 4 aromatic rings. The number of piperidine rings is 1. The third-order valence-electron chi connectivity index (χ3n) is 6.93. The maximum absolute atomic E-state index is 12.5. The van der Waals surface area contributed by atoms with Crippen LogP contribution >= 0.6 is 0 Å². The average Bonchev–Trinajstić information content (AvgIpc) is 3.50. The molecule has 0 unspecified atom stereocenters. The molecule has 184 valence electrons. The minimum Gasteiger partial charge on any atom is -0.493 e. The van der Waals surface area contributed by atoms with Crippen molar-refractivity contribution in [3.05, 3.63) is 64.8 Å². The molecule has 1 saturated heterocycles. The summed E-state index contributed by atoms with van der Waals surface area (Å²) in [5.41, 5.74) is 3.67. The van der Waals surface area contributed by atoms with Gasteiger partial charge in [-0.1, -0.05) is 17.3 Å². The second-order valence-corrected chi connectivity index (χ2v) is 9.10. The van der Waals surface area contributed by atoms with Crippen molar-refractivity contribution in [1.82, 2.24) is 19.6 Å².